The van der Waals surface area contributed by atoms with Gasteiger partial charge in [0.25, 0.3) is 5.91 Å². The van der Waals surface area contributed by atoms with Crippen LogP contribution in [0.25, 0.3) is 0 Å². The quantitative estimate of drug-likeness (QED) is 0.929. The zero-order chi connectivity index (χ0) is 16.9. The number of hydrogen-bond acceptors (Lipinski definition) is 5. The molecule has 0 aliphatic carbocycles. The standard InChI is InChI=1S/C18H20N4OS/c1-13-9-16(24-12-13)18(23)21-11-14-4-7-22(8-5-14)17-15(10-19)3-2-6-20-17/h2-3,6,9,12,14H,4-5,7-8,11H2,1H3,(H,21,23). The van der Waals surface area contributed by atoms with Crippen molar-refractivity contribution in [1.29, 1.82) is 5.26 Å². The van der Waals surface area contributed by atoms with Crippen LogP contribution in [0, 0.1) is 24.2 Å². The molecule has 3 heterocycles. The van der Waals surface area contributed by atoms with Gasteiger partial charge >= 0.3 is 0 Å². The van der Waals surface area contributed by atoms with Crippen molar-refractivity contribution in [1.82, 2.24) is 10.3 Å². The predicted molar refractivity (Wildman–Crippen MR) is 95.3 cm³/mol. The number of pyridine rings is 1. The molecule has 6 heteroatoms. The minimum atomic E-state index is 0.0204. The molecule has 124 valence electrons. The molecule has 0 atom stereocenters. The Morgan fingerprint density at radius 3 is 2.96 bits per heavy atom. The number of hydrogen-bond donors (Lipinski definition) is 1. The van der Waals surface area contributed by atoms with Crippen LogP contribution in [0.5, 0.6) is 0 Å². The van der Waals surface area contributed by atoms with Crippen LogP contribution < -0.4 is 10.2 Å². The lowest BCUT2D eigenvalue weighted by atomic mass is 9.96. The lowest BCUT2D eigenvalue weighted by Gasteiger charge is -2.33. The van der Waals surface area contributed by atoms with E-state index < -0.39 is 0 Å². The second kappa shape index (κ2) is 7.45. The summed E-state index contributed by atoms with van der Waals surface area (Å²) in [6.45, 7) is 4.43. The highest BCUT2D eigenvalue weighted by Gasteiger charge is 2.22. The number of nitriles is 1. The van der Waals surface area contributed by atoms with E-state index in [9.17, 15) is 10.1 Å². The normalized spacial score (nSPS) is 15.1. The molecule has 5 nitrogen and oxygen atoms in total. The summed E-state index contributed by atoms with van der Waals surface area (Å²) in [5.41, 5.74) is 1.75. The smallest absolute Gasteiger partial charge is 0.261 e. The highest BCUT2D eigenvalue weighted by Crippen LogP contribution is 2.24. The average Bonchev–Trinajstić information content (AvgIpc) is 3.06. The maximum absolute atomic E-state index is 12.1. The maximum atomic E-state index is 12.1. The topological polar surface area (TPSA) is 69.0 Å². The van der Waals surface area contributed by atoms with E-state index in [1.165, 1.54) is 11.3 Å². The van der Waals surface area contributed by atoms with E-state index in [0.717, 1.165) is 42.2 Å². The van der Waals surface area contributed by atoms with Gasteiger partial charge in [-0.1, -0.05) is 0 Å². The molecule has 2 aromatic rings. The zero-order valence-electron chi connectivity index (χ0n) is 13.7. The van der Waals surface area contributed by atoms with Gasteiger partial charge in [-0.15, -0.1) is 11.3 Å². The summed E-state index contributed by atoms with van der Waals surface area (Å²) in [4.78, 5) is 19.4. The number of carbonyl (C=O) groups is 1. The first-order chi connectivity index (χ1) is 11.7. The number of thiophene rings is 1. The van der Waals surface area contributed by atoms with Gasteiger partial charge < -0.3 is 10.2 Å². The highest BCUT2D eigenvalue weighted by atomic mass is 32.1. The molecule has 24 heavy (non-hydrogen) atoms. The van der Waals surface area contributed by atoms with E-state index in [2.05, 4.69) is 21.3 Å². The minimum absolute atomic E-state index is 0.0204. The second-order valence-corrected chi connectivity index (χ2v) is 7.03. The predicted octanol–water partition coefficient (Wildman–Crippen LogP) is 2.97. The Balaban J connectivity index is 1.50. The molecule has 1 amide bonds. The summed E-state index contributed by atoms with van der Waals surface area (Å²) >= 11 is 1.49. The number of aromatic nitrogens is 1. The Hall–Kier alpha value is -2.39. The van der Waals surface area contributed by atoms with E-state index in [0.29, 0.717) is 18.0 Å². The fraction of sp³-hybridized carbons (Fsp3) is 0.389. The molecule has 3 rings (SSSR count). The monoisotopic (exact) mass is 340 g/mol. The van der Waals surface area contributed by atoms with Crippen LogP contribution in [0.2, 0.25) is 0 Å². The number of amides is 1. The molecule has 0 saturated carbocycles. The Kier molecular flexibility index (Phi) is 5.11. The van der Waals surface area contributed by atoms with E-state index >= 15 is 0 Å². The van der Waals surface area contributed by atoms with Crippen molar-refractivity contribution in [3.05, 3.63) is 45.8 Å². The Bertz CT molecular complexity index is 756. The highest BCUT2D eigenvalue weighted by molar-refractivity contribution is 7.12. The van der Waals surface area contributed by atoms with Crippen LogP contribution in [0.3, 0.4) is 0 Å². The summed E-state index contributed by atoms with van der Waals surface area (Å²) < 4.78 is 0. The Morgan fingerprint density at radius 2 is 2.29 bits per heavy atom. The van der Waals surface area contributed by atoms with E-state index in [1.807, 2.05) is 18.4 Å². The SMILES string of the molecule is Cc1csc(C(=O)NCC2CCN(c3ncccc3C#N)CC2)c1. The average molecular weight is 340 g/mol. The van der Waals surface area contributed by atoms with Gasteiger partial charge in [-0.05, 0) is 54.8 Å². The molecular weight excluding hydrogens is 320 g/mol. The van der Waals surface area contributed by atoms with Crippen LogP contribution in [0.1, 0.15) is 33.6 Å². The van der Waals surface area contributed by atoms with Gasteiger partial charge in [0.1, 0.15) is 11.9 Å². The molecule has 2 aromatic heterocycles. The summed E-state index contributed by atoms with van der Waals surface area (Å²) in [7, 11) is 0. The van der Waals surface area contributed by atoms with Crippen molar-refractivity contribution < 1.29 is 4.79 Å². The van der Waals surface area contributed by atoms with Crippen molar-refractivity contribution in [2.75, 3.05) is 24.5 Å². The number of nitrogens with zero attached hydrogens (tertiary/aromatic N) is 3. The van der Waals surface area contributed by atoms with Gasteiger partial charge in [0.15, 0.2) is 0 Å². The van der Waals surface area contributed by atoms with Crippen LogP contribution in [0.4, 0.5) is 5.82 Å². The third-order valence-electron chi connectivity index (χ3n) is 4.33. The number of anilines is 1. The third kappa shape index (κ3) is 3.74. The van der Waals surface area contributed by atoms with Gasteiger partial charge in [0, 0.05) is 25.8 Å². The first-order valence-corrected chi connectivity index (χ1v) is 8.98. The third-order valence-corrected chi connectivity index (χ3v) is 5.37. The lowest BCUT2D eigenvalue weighted by molar-refractivity contribution is 0.0949. The number of aryl methyl sites for hydroxylation is 1. The van der Waals surface area contributed by atoms with Crippen molar-refractivity contribution in [2.24, 2.45) is 5.92 Å². The van der Waals surface area contributed by atoms with Gasteiger partial charge in [-0.2, -0.15) is 5.26 Å². The van der Waals surface area contributed by atoms with Crippen molar-refractivity contribution in [2.45, 2.75) is 19.8 Å². The molecule has 0 unspecified atom stereocenters. The van der Waals surface area contributed by atoms with Gasteiger partial charge in [-0.25, -0.2) is 4.98 Å². The molecule has 0 spiro atoms. The summed E-state index contributed by atoms with van der Waals surface area (Å²) in [6, 6.07) is 7.72. The molecule has 0 radical (unpaired) electrons. The summed E-state index contributed by atoms with van der Waals surface area (Å²) in [5.74, 6) is 1.27. The number of nitrogens with one attached hydrogen (secondary N) is 1. The van der Waals surface area contributed by atoms with E-state index in [1.54, 1.807) is 18.3 Å². The van der Waals surface area contributed by atoms with Crippen LogP contribution in [0.15, 0.2) is 29.8 Å². The van der Waals surface area contributed by atoms with Crippen LogP contribution in [-0.2, 0) is 0 Å². The van der Waals surface area contributed by atoms with Crippen LogP contribution in [-0.4, -0.2) is 30.5 Å². The fourth-order valence-electron chi connectivity index (χ4n) is 2.96. The number of rotatable bonds is 4. The maximum Gasteiger partial charge on any atom is 0.261 e. The zero-order valence-corrected chi connectivity index (χ0v) is 14.5. The molecule has 1 aliphatic heterocycles. The number of carbonyl (C=O) groups excluding carboxylic acids is 1. The Morgan fingerprint density at radius 1 is 1.50 bits per heavy atom. The van der Waals surface area contributed by atoms with E-state index in [-0.39, 0.29) is 5.91 Å². The lowest BCUT2D eigenvalue weighted by Crippen LogP contribution is -2.39. The molecule has 0 aromatic carbocycles. The van der Waals surface area contributed by atoms with Gasteiger partial charge in [-0.3, -0.25) is 4.79 Å². The van der Waals surface area contributed by atoms with Gasteiger partial charge in [0.2, 0.25) is 0 Å². The minimum Gasteiger partial charge on any atom is -0.356 e. The van der Waals surface area contributed by atoms with Crippen molar-refractivity contribution >= 4 is 23.1 Å². The molecule has 1 aliphatic rings. The summed E-state index contributed by atoms with van der Waals surface area (Å²) in [6.07, 6.45) is 3.71. The second-order valence-electron chi connectivity index (χ2n) is 6.12. The first kappa shape index (κ1) is 16.5. The molecule has 1 fully saturated rings. The largest absolute Gasteiger partial charge is 0.356 e. The number of piperidine rings is 1. The fourth-order valence-corrected chi connectivity index (χ4v) is 3.77. The van der Waals surface area contributed by atoms with Crippen LogP contribution >= 0.6 is 11.3 Å². The van der Waals surface area contributed by atoms with Crippen molar-refractivity contribution in [3.8, 4) is 6.07 Å². The van der Waals surface area contributed by atoms with E-state index in [4.69, 9.17) is 0 Å². The molecule has 1 saturated heterocycles. The molecular formula is C18H20N4OS. The first-order valence-electron chi connectivity index (χ1n) is 8.11. The molecule has 0 bridgehead atoms. The van der Waals surface area contributed by atoms with Crippen molar-refractivity contribution in [3.63, 3.8) is 0 Å². The summed E-state index contributed by atoms with van der Waals surface area (Å²) in [5, 5.41) is 14.2. The molecule has 1 N–H and O–H groups in total. The Labute approximate surface area is 145 Å². The van der Waals surface area contributed by atoms with Gasteiger partial charge in [0.05, 0.1) is 10.4 Å².